The first-order chi connectivity index (χ1) is 25.3. The van der Waals surface area contributed by atoms with Crippen molar-refractivity contribution in [2.24, 2.45) is 11.8 Å². The number of anilines is 1. The van der Waals surface area contributed by atoms with Crippen molar-refractivity contribution in [1.82, 2.24) is 29.5 Å². The lowest BCUT2D eigenvalue weighted by Crippen LogP contribution is -2.63. The highest BCUT2D eigenvalue weighted by atomic mass is 32.2. The lowest BCUT2D eigenvalue weighted by Gasteiger charge is -2.37. The predicted molar refractivity (Wildman–Crippen MR) is 194 cm³/mol. The minimum absolute atomic E-state index is 0.0141. The molecule has 17 heteroatoms. The molecule has 0 radical (unpaired) electrons. The van der Waals surface area contributed by atoms with Gasteiger partial charge in [0.1, 0.15) is 23.4 Å². The molecule has 0 spiro atoms. The van der Waals surface area contributed by atoms with Gasteiger partial charge in [-0.2, -0.15) is 9.97 Å². The van der Waals surface area contributed by atoms with Gasteiger partial charge in [0, 0.05) is 30.0 Å². The van der Waals surface area contributed by atoms with Gasteiger partial charge in [0.05, 0.1) is 39.2 Å². The van der Waals surface area contributed by atoms with Crippen LogP contribution in [-0.2, 0) is 19.6 Å². The summed E-state index contributed by atoms with van der Waals surface area (Å²) in [6.07, 6.45) is 3.78. The molecular weight excluding hydrogens is 707 g/mol. The van der Waals surface area contributed by atoms with Gasteiger partial charge in [-0.1, -0.05) is 19.9 Å². The Morgan fingerprint density at radius 1 is 1.06 bits per heavy atom. The SMILES string of the molecule is C=C[C@@H]1C[C@@]1(C(=O)NS(=O)(=O)C1CC1)N(C(=O)C(Nc1nc(OC)cc(OC)n1)C(C)C)C(=O)N1C[C@H](Oc2nccc3cc(OC)ccc23)CC1C. The maximum atomic E-state index is 14.9. The number of benzene rings is 1. The predicted octanol–water partition coefficient (Wildman–Crippen LogP) is 3.53. The van der Waals surface area contributed by atoms with Crippen molar-refractivity contribution in [2.45, 2.75) is 75.4 Å². The largest absolute Gasteiger partial charge is 0.497 e. The highest BCUT2D eigenvalue weighted by Crippen LogP contribution is 2.51. The topological polar surface area (TPSA) is 191 Å². The number of methoxy groups -OCH3 is 3. The summed E-state index contributed by atoms with van der Waals surface area (Å²) in [6.45, 7) is 9.24. The molecular formula is C36H45N7O9S. The quantitative estimate of drug-likeness (QED) is 0.228. The molecule has 3 fully saturated rings. The lowest BCUT2D eigenvalue weighted by atomic mass is 10.0. The van der Waals surface area contributed by atoms with Crippen molar-refractivity contribution < 1.29 is 41.7 Å². The molecule has 2 N–H and O–H groups in total. The number of rotatable bonds is 14. The number of ether oxygens (including phenoxy) is 4. The first-order valence-corrected chi connectivity index (χ1v) is 19.0. The Bertz CT molecular complexity index is 2000. The summed E-state index contributed by atoms with van der Waals surface area (Å²) in [5, 5.41) is 3.91. The van der Waals surface area contributed by atoms with Gasteiger partial charge >= 0.3 is 6.03 Å². The smallest absolute Gasteiger partial charge is 0.328 e. The monoisotopic (exact) mass is 751 g/mol. The molecule has 1 aliphatic heterocycles. The number of nitrogens with zero attached hydrogens (tertiary/aromatic N) is 5. The molecule has 1 saturated heterocycles. The number of fused-ring (bicyclic) bond motifs is 1. The number of imide groups is 1. The molecule has 284 valence electrons. The number of carbonyl (C=O) groups is 3. The van der Waals surface area contributed by atoms with Gasteiger partial charge in [-0.15, -0.1) is 6.58 Å². The highest BCUT2D eigenvalue weighted by molar-refractivity contribution is 7.91. The van der Waals surface area contributed by atoms with Crippen LogP contribution in [0.3, 0.4) is 0 Å². The van der Waals surface area contributed by atoms with E-state index in [2.05, 4.69) is 31.6 Å². The number of hydrogen-bond donors (Lipinski definition) is 2. The normalized spacial score (nSPS) is 22.8. The third kappa shape index (κ3) is 7.39. The van der Waals surface area contributed by atoms with Gasteiger partial charge in [0.2, 0.25) is 33.6 Å². The maximum Gasteiger partial charge on any atom is 0.328 e. The van der Waals surface area contributed by atoms with Crippen LogP contribution in [0.4, 0.5) is 10.7 Å². The van der Waals surface area contributed by atoms with Crippen LogP contribution in [0.2, 0.25) is 0 Å². The number of carbonyl (C=O) groups excluding carboxylic acids is 3. The molecule has 0 bridgehead atoms. The molecule has 2 aromatic heterocycles. The van der Waals surface area contributed by atoms with Crippen molar-refractivity contribution in [3.05, 3.63) is 49.2 Å². The fourth-order valence-electron chi connectivity index (χ4n) is 6.75. The molecule has 5 atom stereocenters. The van der Waals surface area contributed by atoms with E-state index in [1.807, 2.05) is 25.1 Å². The average molecular weight is 752 g/mol. The Morgan fingerprint density at radius 2 is 1.75 bits per heavy atom. The zero-order valence-corrected chi connectivity index (χ0v) is 31.4. The Hall–Kier alpha value is -5.19. The Labute approximate surface area is 308 Å². The summed E-state index contributed by atoms with van der Waals surface area (Å²) in [7, 11) is 0.379. The zero-order chi connectivity index (χ0) is 38.2. The van der Waals surface area contributed by atoms with Crippen molar-refractivity contribution in [3.63, 3.8) is 0 Å². The van der Waals surface area contributed by atoms with E-state index in [0.29, 0.717) is 30.9 Å². The summed E-state index contributed by atoms with van der Waals surface area (Å²) in [5.74, 6) is -1.58. The Balaban J connectivity index is 1.35. The van der Waals surface area contributed by atoms with E-state index < -0.39 is 68.7 Å². The summed E-state index contributed by atoms with van der Waals surface area (Å²) >= 11 is 0. The number of hydrogen-bond acceptors (Lipinski definition) is 13. The number of urea groups is 1. The van der Waals surface area contributed by atoms with Crippen molar-refractivity contribution in [1.29, 1.82) is 0 Å². The molecule has 1 aromatic carbocycles. The van der Waals surface area contributed by atoms with Crippen LogP contribution in [0.5, 0.6) is 23.4 Å². The fraction of sp³-hybridized carbons (Fsp3) is 0.500. The van der Waals surface area contributed by atoms with Gasteiger partial charge in [-0.25, -0.2) is 23.1 Å². The van der Waals surface area contributed by atoms with Gasteiger partial charge < -0.3 is 29.2 Å². The van der Waals surface area contributed by atoms with E-state index in [4.69, 9.17) is 18.9 Å². The van der Waals surface area contributed by atoms with Crippen LogP contribution in [0.1, 0.15) is 46.5 Å². The van der Waals surface area contributed by atoms with Gasteiger partial charge in [-0.3, -0.25) is 14.3 Å². The summed E-state index contributed by atoms with van der Waals surface area (Å²) in [5.41, 5.74) is -1.87. The Morgan fingerprint density at radius 3 is 2.34 bits per heavy atom. The highest BCUT2D eigenvalue weighted by Gasteiger charge is 2.68. The molecule has 3 heterocycles. The minimum Gasteiger partial charge on any atom is -0.497 e. The number of sulfonamides is 1. The number of likely N-dealkylation sites (tertiary alicyclic amines) is 1. The molecule has 2 aliphatic carbocycles. The van der Waals surface area contributed by atoms with E-state index in [1.54, 1.807) is 33.2 Å². The van der Waals surface area contributed by atoms with Crippen molar-refractivity contribution in [3.8, 4) is 23.4 Å². The van der Waals surface area contributed by atoms with Gasteiger partial charge in [0.15, 0.2) is 0 Å². The van der Waals surface area contributed by atoms with E-state index >= 15 is 0 Å². The first-order valence-electron chi connectivity index (χ1n) is 17.4. The molecule has 3 aromatic rings. The standard InChI is InChI=1S/C36H45N7O9S/c1-8-23-18-36(23,33(45)41-53(47,48)26-10-11-26)43(32(44)30(20(2)3)40-34-38-28(50-6)17-29(39-34)51-7)35(46)42-19-25(15-21(42)4)52-31-27-12-9-24(49-5)16-22(27)13-14-37-31/h8-9,12-14,16-17,20-21,23,25-26,30H,1,10-11,15,18-19H2,2-7H3,(H,41,45)(H,38,39,40)/t21?,23-,25-,30?,36-/m1/s1. The van der Waals surface area contributed by atoms with Crippen LogP contribution in [0.15, 0.2) is 49.2 Å². The van der Waals surface area contributed by atoms with E-state index in [0.717, 1.165) is 15.7 Å². The number of aromatic nitrogens is 3. The third-order valence-electron chi connectivity index (χ3n) is 9.98. The van der Waals surface area contributed by atoms with Crippen LogP contribution in [0.25, 0.3) is 10.8 Å². The minimum atomic E-state index is -4.04. The fourth-order valence-corrected chi connectivity index (χ4v) is 8.11. The maximum absolute atomic E-state index is 14.9. The van der Waals surface area contributed by atoms with Crippen molar-refractivity contribution >= 4 is 44.6 Å². The molecule has 3 aliphatic rings. The van der Waals surface area contributed by atoms with E-state index in [-0.39, 0.29) is 30.7 Å². The first kappa shape index (κ1) is 37.6. The van der Waals surface area contributed by atoms with Crippen LogP contribution in [0, 0.1) is 11.8 Å². The lowest BCUT2D eigenvalue weighted by molar-refractivity contribution is -0.140. The van der Waals surface area contributed by atoms with Crippen LogP contribution >= 0.6 is 0 Å². The second-order valence-electron chi connectivity index (χ2n) is 13.9. The molecule has 53 heavy (non-hydrogen) atoms. The number of amides is 4. The molecule has 4 amide bonds. The average Bonchev–Trinajstić information content (AvgIpc) is 4.07. The third-order valence-corrected chi connectivity index (χ3v) is 11.8. The van der Waals surface area contributed by atoms with Gasteiger partial charge in [-0.05, 0) is 61.8 Å². The van der Waals surface area contributed by atoms with E-state index in [9.17, 15) is 22.8 Å². The molecule has 6 rings (SSSR count). The number of pyridine rings is 1. The summed E-state index contributed by atoms with van der Waals surface area (Å²) < 4.78 is 50.6. The second-order valence-corrected chi connectivity index (χ2v) is 15.9. The van der Waals surface area contributed by atoms with Crippen LogP contribution < -0.4 is 29.0 Å². The second kappa shape index (κ2) is 14.7. The zero-order valence-electron chi connectivity index (χ0n) is 30.6. The van der Waals surface area contributed by atoms with E-state index in [1.165, 1.54) is 31.3 Å². The molecule has 2 saturated carbocycles. The van der Waals surface area contributed by atoms with Crippen molar-refractivity contribution in [2.75, 3.05) is 33.2 Å². The summed E-state index contributed by atoms with van der Waals surface area (Å²) in [4.78, 5) is 59.4. The molecule has 2 unspecified atom stereocenters. The number of nitrogens with one attached hydrogen (secondary N) is 2. The Kier molecular flexibility index (Phi) is 10.4. The van der Waals surface area contributed by atoms with Gasteiger partial charge in [0.25, 0.3) is 11.8 Å². The molecule has 16 nitrogen and oxygen atoms in total. The summed E-state index contributed by atoms with van der Waals surface area (Å²) in [6, 6.07) is 6.45. The van der Waals surface area contributed by atoms with Crippen LogP contribution in [-0.4, -0.2) is 108 Å².